The summed E-state index contributed by atoms with van der Waals surface area (Å²) in [6.45, 7) is 5.18. The van der Waals surface area contributed by atoms with E-state index in [0.717, 1.165) is 47.3 Å². The summed E-state index contributed by atoms with van der Waals surface area (Å²) < 4.78 is 11.6. The Morgan fingerprint density at radius 1 is 1.17 bits per heavy atom. The zero-order chi connectivity index (χ0) is 25.5. The Morgan fingerprint density at radius 3 is 2.67 bits per heavy atom. The van der Waals surface area contributed by atoms with E-state index in [4.69, 9.17) is 20.0 Å². The highest BCUT2D eigenvalue weighted by Gasteiger charge is 2.25. The van der Waals surface area contributed by atoms with Crippen LogP contribution in [0.15, 0.2) is 73.6 Å². The quantitative estimate of drug-likeness (QED) is 0.306. The van der Waals surface area contributed by atoms with Gasteiger partial charge in [-0.25, -0.2) is 15.0 Å². The van der Waals surface area contributed by atoms with Gasteiger partial charge in [-0.3, -0.25) is 4.79 Å². The van der Waals surface area contributed by atoms with E-state index in [9.17, 15) is 0 Å². The fourth-order valence-corrected chi connectivity index (χ4v) is 4.34. The van der Waals surface area contributed by atoms with E-state index in [1.807, 2.05) is 36.4 Å². The van der Waals surface area contributed by atoms with Gasteiger partial charge >= 0.3 is 0 Å². The monoisotopic (exact) mass is 483 g/mol. The molecule has 184 valence electrons. The van der Waals surface area contributed by atoms with E-state index in [1.54, 1.807) is 19.5 Å². The van der Waals surface area contributed by atoms with Gasteiger partial charge in [-0.15, -0.1) is 0 Å². The van der Waals surface area contributed by atoms with Gasteiger partial charge in [0.05, 0.1) is 12.6 Å². The van der Waals surface area contributed by atoms with E-state index in [0.29, 0.717) is 29.8 Å². The summed E-state index contributed by atoms with van der Waals surface area (Å²) in [6, 6.07) is 15.7. The third-order valence-corrected chi connectivity index (χ3v) is 6.00. The molecule has 1 aliphatic rings. The summed E-state index contributed by atoms with van der Waals surface area (Å²) in [4.78, 5) is 24.4. The highest BCUT2D eigenvalue weighted by Crippen LogP contribution is 2.39. The minimum atomic E-state index is 0.298. The predicted octanol–water partition coefficient (Wildman–Crippen LogP) is 4.87. The first-order valence-corrected chi connectivity index (χ1v) is 11.6. The van der Waals surface area contributed by atoms with Gasteiger partial charge in [0, 0.05) is 42.0 Å². The number of carbonyl (C=O) groups is 1. The molecule has 5 rings (SSSR count). The molecule has 0 aliphatic carbocycles. The summed E-state index contributed by atoms with van der Waals surface area (Å²) in [7, 11) is 3.82. The summed E-state index contributed by atoms with van der Waals surface area (Å²) in [6.07, 6.45) is 6.42. The lowest BCUT2D eigenvalue weighted by atomic mass is 9.91. The number of aromatic nitrogens is 3. The molecular weight excluding hydrogens is 454 g/mol. The highest BCUT2D eigenvalue weighted by atomic mass is 16.5. The lowest BCUT2D eigenvalue weighted by Gasteiger charge is -2.17. The van der Waals surface area contributed by atoms with Crippen LogP contribution in [0.25, 0.3) is 22.0 Å². The fraction of sp³-hybridized carbons (Fsp3) is 0.214. The van der Waals surface area contributed by atoms with Gasteiger partial charge in [0.15, 0.2) is 0 Å². The van der Waals surface area contributed by atoms with Crippen LogP contribution in [0.2, 0.25) is 0 Å². The van der Waals surface area contributed by atoms with Gasteiger partial charge < -0.3 is 20.1 Å². The van der Waals surface area contributed by atoms with E-state index < -0.39 is 0 Å². The average molecular weight is 484 g/mol. The number of fused-ring (bicyclic) bond motifs is 1. The maximum absolute atomic E-state index is 9.06. The Labute approximate surface area is 210 Å². The number of methoxy groups -OCH3 is 1. The lowest BCUT2D eigenvalue weighted by molar-refractivity contribution is -0.104. The minimum absolute atomic E-state index is 0.298. The number of hydrogen-bond donors (Lipinski definition) is 1. The maximum Gasteiger partial charge on any atom is 0.220 e. The maximum atomic E-state index is 9.06. The number of benzene rings is 2. The summed E-state index contributed by atoms with van der Waals surface area (Å²) in [5.74, 6) is 2.62. The molecule has 0 amide bonds. The van der Waals surface area contributed by atoms with Crippen molar-refractivity contribution >= 4 is 23.1 Å². The number of likely N-dealkylation sites (tertiary alicyclic amines) is 1. The number of ether oxygens (including phenoxy) is 2. The van der Waals surface area contributed by atoms with E-state index >= 15 is 0 Å². The average Bonchev–Trinajstić information content (AvgIpc) is 3.34. The van der Waals surface area contributed by atoms with Crippen LogP contribution in [0.1, 0.15) is 17.9 Å². The van der Waals surface area contributed by atoms with Crippen molar-refractivity contribution in [3.05, 3.63) is 79.1 Å². The number of nitrogens with two attached hydrogens (primary N) is 1. The zero-order valence-corrected chi connectivity index (χ0v) is 20.4. The van der Waals surface area contributed by atoms with Gasteiger partial charge in [0.25, 0.3) is 0 Å². The van der Waals surface area contributed by atoms with Crippen molar-refractivity contribution in [1.29, 1.82) is 0 Å². The number of hydrogen-bond acceptors (Lipinski definition) is 8. The summed E-state index contributed by atoms with van der Waals surface area (Å²) in [5.41, 5.74) is 10.1. The first-order valence-electron chi connectivity index (χ1n) is 11.6. The van der Waals surface area contributed by atoms with Crippen molar-refractivity contribution in [1.82, 2.24) is 19.9 Å². The van der Waals surface area contributed by atoms with Gasteiger partial charge in [-0.05, 0) is 73.5 Å². The third-order valence-electron chi connectivity index (χ3n) is 6.00. The molecule has 2 aromatic heterocycles. The van der Waals surface area contributed by atoms with Crippen LogP contribution < -0.4 is 15.2 Å². The van der Waals surface area contributed by atoms with E-state index in [2.05, 4.69) is 45.6 Å². The van der Waals surface area contributed by atoms with Crippen molar-refractivity contribution in [2.24, 2.45) is 0 Å². The molecule has 3 heterocycles. The number of allylic oxidation sites excluding steroid dienone is 1. The summed E-state index contributed by atoms with van der Waals surface area (Å²) >= 11 is 0. The highest BCUT2D eigenvalue weighted by molar-refractivity contribution is 5.89. The normalized spacial score (nSPS) is 15.1. The topological polar surface area (TPSA) is 103 Å². The molecule has 8 heteroatoms. The molecule has 1 saturated heterocycles. The molecule has 2 aromatic carbocycles. The lowest BCUT2D eigenvalue weighted by Crippen LogP contribution is -2.13. The molecule has 1 aliphatic heterocycles. The molecule has 1 fully saturated rings. The molecular formula is C28H29N5O3. The zero-order valence-electron chi connectivity index (χ0n) is 20.4. The SMILES string of the molecule is C=CC=O.COc1cc(Oc2ccccn2)ccc1-c1cc(C2CCN(C)C2)c2nc(N)ncc2c1. The molecule has 0 saturated carbocycles. The third kappa shape index (κ3) is 5.67. The van der Waals surface area contributed by atoms with Crippen LogP contribution in [0.4, 0.5) is 5.95 Å². The van der Waals surface area contributed by atoms with Crippen molar-refractivity contribution in [2.75, 3.05) is 33.0 Å². The van der Waals surface area contributed by atoms with Crippen LogP contribution in [-0.4, -0.2) is 53.4 Å². The Hall–Kier alpha value is -4.30. The second-order valence-corrected chi connectivity index (χ2v) is 8.48. The second kappa shape index (κ2) is 11.4. The number of aldehydes is 1. The Bertz CT molecular complexity index is 1350. The van der Waals surface area contributed by atoms with Crippen LogP contribution in [0.3, 0.4) is 0 Å². The molecule has 4 aromatic rings. The number of nitrogens with zero attached hydrogens (tertiary/aromatic N) is 4. The van der Waals surface area contributed by atoms with Crippen molar-refractivity contribution in [3.63, 3.8) is 0 Å². The van der Waals surface area contributed by atoms with Crippen LogP contribution >= 0.6 is 0 Å². The van der Waals surface area contributed by atoms with Crippen molar-refractivity contribution in [2.45, 2.75) is 12.3 Å². The molecule has 0 radical (unpaired) electrons. The Kier molecular flexibility index (Phi) is 7.87. The van der Waals surface area contributed by atoms with Gasteiger partial charge in [0.1, 0.15) is 17.8 Å². The Balaban J connectivity index is 0.000000709. The standard InChI is InChI=1S/C25H25N5O2.C3H4O/c1-30-10-8-16(15-30)21-12-17(11-18-14-28-25(26)29-24(18)21)20-7-6-19(13-22(20)31-2)32-23-5-3-4-9-27-23;1-2-3-4/h3-7,9,11-14,16H,8,10,15H2,1-2H3,(H2,26,28,29);2-3H,1H2. The molecule has 1 unspecified atom stereocenters. The minimum Gasteiger partial charge on any atom is -0.496 e. The molecule has 0 bridgehead atoms. The van der Waals surface area contributed by atoms with E-state index in [1.165, 1.54) is 11.6 Å². The molecule has 2 N–H and O–H groups in total. The number of nitrogen functional groups attached to an aromatic ring is 1. The van der Waals surface area contributed by atoms with Crippen molar-refractivity contribution < 1.29 is 14.3 Å². The number of pyridine rings is 1. The second-order valence-electron chi connectivity index (χ2n) is 8.48. The van der Waals surface area contributed by atoms with Gasteiger partial charge in [0.2, 0.25) is 11.8 Å². The first kappa shape index (κ1) is 24.8. The smallest absolute Gasteiger partial charge is 0.220 e. The molecule has 8 nitrogen and oxygen atoms in total. The molecule has 36 heavy (non-hydrogen) atoms. The van der Waals surface area contributed by atoms with Crippen LogP contribution in [0.5, 0.6) is 17.4 Å². The fourth-order valence-electron chi connectivity index (χ4n) is 4.34. The number of anilines is 1. The largest absolute Gasteiger partial charge is 0.496 e. The van der Waals surface area contributed by atoms with Gasteiger partial charge in [-0.1, -0.05) is 12.6 Å². The number of likely N-dealkylation sites (N-methyl/N-ethyl adjacent to an activating group) is 1. The Morgan fingerprint density at radius 2 is 2.00 bits per heavy atom. The van der Waals surface area contributed by atoms with Crippen LogP contribution in [0, 0.1) is 0 Å². The molecule has 1 atom stereocenters. The van der Waals surface area contributed by atoms with Crippen molar-refractivity contribution in [3.8, 4) is 28.5 Å². The summed E-state index contributed by atoms with van der Waals surface area (Å²) in [5, 5.41) is 0.970. The molecule has 0 spiro atoms. The van der Waals surface area contributed by atoms with E-state index in [-0.39, 0.29) is 0 Å². The first-order chi connectivity index (χ1) is 17.5. The predicted molar refractivity (Wildman–Crippen MR) is 141 cm³/mol. The van der Waals surface area contributed by atoms with Gasteiger partial charge in [-0.2, -0.15) is 0 Å². The number of carbonyl (C=O) groups excluding carboxylic acids is 1. The number of rotatable bonds is 6. The van der Waals surface area contributed by atoms with Crippen LogP contribution in [-0.2, 0) is 4.79 Å².